The van der Waals surface area contributed by atoms with E-state index >= 15 is 0 Å². The van der Waals surface area contributed by atoms with Crippen LogP contribution in [-0.2, 0) is 17.8 Å². The van der Waals surface area contributed by atoms with Crippen LogP contribution in [0.25, 0.3) is 11.3 Å². The van der Waals surface area contributed by atoms with E-state index < -0.39 is 0 Å². The second kappa shape index (κ2) is 12.4. The van der Waals surface area contributed by atoms with Gasteiger partial charge in [0, 0.05) is 42.5 Å². The van der Waals surface area contributed by atoms with Gasteiger partial charge in [0.15, 0.2) is 0 Å². The summed E-state index contributed by atoms with van der Waals surface area (Å²) in [5.74, 6) is 2.32. The van der Waals surface area contributed by atoms with Gasteiger partial charge in [0.1, 0.15) is 5.75 Å². The lowest BCUT2D eigenvalue weighted by atomic mass is 9.78. The van der Waals surface area contributed by atoms with Crippen LogP contribution in [-0.4, -0.2) is 48.0 Å². The molecule has 1 amide bonds. The van der Waals surface area contributed by atoms with Gasteiger partial charge in [0.2, 0.25) is 11.9 Å². The molecule has 1 saturated carbocycles. The van der Waals surface area contributed by atoms with Gasteiger partial charge >= 0.3 is 0 Å². The first-order valence-corrected chi connectivity index (χ1v) is 13.9. The third-order valence-corrected chi connectivity index (χ3v) is 7.83. The van der Waals surface area contributed by atoms with Crippen LogP contribution >= 0.6 is 0 Å². The number of aryl methyl sites for hydroxylation is 1. The number of rotatable bonds is 1. The highest BCUT2D eigenvalue weighted by molar-refractivity contribution is 5.78. The number of aromatic nitrogens is 2. The Morgan fingerprint density at radius 1 is 1.00 bits per heavy atom. The molecule has 200 valence electrons. The molecule has 3 heterocycles. The fourth-order valence-corrected chi connectivity index (χ4v) is 5.74. The number of nitrogens with zero attached hydrogens (tertiary/aromatic N) is 3. The average Bonchev–Trinajstić information content (AvgIpc) is 2.94. The number of ether oxygens (including phenoxy) is 1. The maximum atomic E-state index is 12.9. The number of hydrogen-bond donors (Lipinski definition) is 2. The minimum atomic E-state index is 0.138. The number of carbonyl (C=O) groups excluding carboxylic acids is 1. The first kappa shape index (κ1) is 26.2. The molecule has 3 aliphatic rings. The predicted octanol–water partition coefficient (Wildman–Crippen LogP) is 5.59. The maximum absolute atomic E-state index is 12.9. The second-order valence-corrected chi connectivity index (χ2v) is 10.8. The zero-order valence-corrected chi connectivity index (χ0v) is 22.6. The van der Waals surface area contributed by atoms with E-state index in [0.717, 1.165) is 80.9 Å². The zero-order valence-electron chi connectivity index (χ0n) is 22.6. The van der Waals surface area contributed by atoms with E-state index in [2.05, 4.69) is 64.0 Å². The number of anilines is 2. The molecule has 7 heteroatoms. The van der Waals surface area contributed by atoms with E-state index in [1.165, 1.54) is 17.5 Å². The standard InChI is InChI=1S/C31H39N5O2/c1-36-16-4-14-32-30(37)26-6-3-5-22(17-26)7-8-24-18-27(20-28(19-24)38-2)34-31-33-15-13-29(35-31)25-11-9-23(21-36)10-12-25/h9-13,15,18-20,22,26H,3-8,14,16-17,21H2,1-2H3,(H,32,37)(H,33,34,35)/t22?,26-/m1/s1. The molecule has 1 fully saturated rings. The highest BCUT2D eigenvalue weighted by Crippen LogP contribution is 2.33. The lowest BCUT2D eigenvalue weighted by molar-refractivity contribution is -0.126. The molecule has 0 saturated heterocycles. The number of fused-ring (bicyclic) bond motifs is 9. The Bertz CT molecular complexity index is 1230. The molecular weight excluding hydrogens is 474 g/mol. The molecule has 0 spiro atoms. The Labute approximate surface area is 226 Å². The maximum Gasteiger partial charge on any atom is 0.227 e. The molecule has 2 atom stereocenters. The van der Waals surface area contributed by atoms with Gasteiger partial charge in [-0.1, -0.05) is 37.1 Å². The predicted molar refractivity (Wildman–Crippen MR) is 151 cm³/mol. The van der Waals surface area contributed by atoms with Gasteiger partial charge in [-0.3, -0.25) is 4.79 Å². The molecule has 8 bridgehead atoms. The van der Waals surface area contributed by atoms with Crippen molar-refractivity contribution in [1.82, 2.24) is 20.2 Å². The summed E-state index contributed by atoms with van der Waals surface area (Å²) >= 11 is 0. The second-order valence-electron chi connectivity index (χ2n) is 10.8. The van der Waals surface area contributed by atoms with Gasteiger partial charge < -0.3 is 20.3 Å². The average molecular weight is 514 g/mol. The summed E-state index contributed by atoms with van der Waals surface area (Å²) in [6, 6.07) is 16.7. The van der Waals surface area contributed by atoms with E-state index in [4.69, 9.17) is 9.72 Å². The summed E-state index contributed by atoms with van der Waals surface area (Å²) in [6.07, 6.45) is 9.08. The number of methoxy groups -OCH3 is 1. The van der Waals surface area contributed by atoms with Gasteiger partial charge in [-0.05, 0) is 80.9 Å². The molecule has 2 aromatic carbocycles. The van der Waals surface area contributed by atoms with Crippen molar-refractivity contribution in [1.29, 1.82) is 0 Å². The monoisotopic (exact) mass is 513 g/mol. The Morgan fingerprint density at radius 3 is 2.71 bits per heavy atom. The molecule has 38 heavy (non-hydrogen) atoms. The van der Waals surface area contributed by atoms with Crippen LogP contribution in [0.15, 0.2) is 54.7 Å². The first-order chi connectivity index (χ1) is 18.6. The third kappa shape index (κ3) is 6.90. The molecule has 7 nitrogen and oxygen atoms in total. The Kier molecular flexibility index (Phi) is 8.54. The Balaban J connectivity index is 1.40. The van der Waals surface area contributed by atoms with E-state index in [9.17, 15) is 4.79 Å². The molecule has 2 N–H and O–H groups in total. The topological polar surface area (TPSA) is 79.4 Å². The normalized spacial score (nSPS) is 21.3. The molecule has 1 aliphatic carbocycles. The summed E-state index contributed by atoms with van der Waals surface area (Å²) in [4.78, 5) is 24.5. The van der Waals surface area contributed by atoms with Crippen molar-refractivity contribution < 1.29 is 9.53 Å². The molecule has 3 aromatic rings. The van der Waals surface area contributed by atoms with E-state index in [1.54, 1.807) is 13.3 Å². The van der Waals surface area contributed by atoms with Gasteiger partial charge in [-0.2, -0.15) is 0 Å². The molecule has 1 aromatic heterocycles. The molecule has 2 aliphatic heterocycles. The smallest absolute Gasteiger partial charge is 0.227 e. The van der Waals surface area contributed by atoms with Gasteiger partial charge in [-0.25, -0.2) is 9.97 Å². The number of carbonyl (C=O) groups is 1. The van der Waals surface area contributed by atoms with Crippen molar-refractivity contribution >= 4 is 17.5 Å². The number of nitrogens with one attached hydrogen (secondary N) is 2. The summed E-state index contributed by atoms with van der Waals surface area (Å²) in [5.41, 5.74) is 5.32. The fraction of sp³-hybridized carbons (Fsp3) is 0.452. The van der Waals surface area contributed by atoms with Gasteiger partial charge in [0.25, 0.3) is 0 Å². The van der Waals surface area contributed by atoms with Crippen LogP contribution in [0.3, 0.4) is 0 Å². The first-order valence-electron chi connectivity index (χ1n) is 13.9. The SMILES string of the molecule is COc1cc2cc(c1)Nc1nccc(n1)-c1ccc(cc1)CN(C)CCCNC(=O)[C@@H]1CCCC(CC2)C1. The van der Waals surface area contributed by atoms with E-state index in [1.807, 2.05) is 12.1 Å². The Hall–Kier alpha value is -3.45. The van der Waals surface area contributed by atoms with Crippen molar-refractivity contribution in [3.8, 4) is 17.0 Å². The summed E-state index contributed by atoms with van der Waals surface area (Å²) in [6.45, 7) is 2.55. The van der Waals surface area contributed by atoms with Crippen LogP contribution < -0.4 is 15.4 Å². The molecule has 1 unspecified atom stereocenters. The van der Waals surface area contributed by atoms with Crippen LogP contribution in [0.2, 0.25) is 0 Å². The zero-order chi connectivity index (χ0) is 26.3. The summed E-state index contributed by atoms with van der Waals surface area (Å²) in [5, 5.41) is 6.61. The fourth-order valence-electron chi connectivity index (χ4n) is 5.74. The number of amides is 1. The van der Waals surface area contributed by atoms with E-state index in [-0.39, 0.29) is 11.8 Å². The highest BCUT2D eigenvalue weighted by Gasteiger charge is 2.27. The summed E-state index contributed by atoms with van der Waals surface area (Å²) in [7, 11) is 3.83. The van der Waals surface area contributed by atoms with Crippen molar-refractivity contribution in [2.24, 2.45) is 11.8 Å². The minimum absolute atomic E-state index is 0.138. The number of benzene rings is 2. The van der Waals surface area contributed by atoms with Gasteiger partial charge in [0.05, 0.1) is 12.8 Å². The molecule has 0 radical (unpaired) electrons. The van der Waals surface area contributed by atoms with Crippen molar-refractivity contribution in [2.45, 2.75) is 51.5 Å². The van der Waals surface area contributed by atoms with Crippen LogP contribution in [0.1, 0.15) is 49.7 Å². The highest BCUT2D eigenvalue weighted by atomic mass is 16.5. The van der Waals surface area contributed by atoms with Gasteiger partial charge in [-0.15, -0.1) is 0 Å². The largest absolute Gasteiger partial charge is 0.497 e. The number of hydrogen-bond acceptors (Lipinski definition) is 6. The van der Waals surface area contributed by atoms with Crippen LogP contribution in [0.5, 0.6) is 5.75 Å². The third-order valence-electron chi connectivity index (χ3n) is 7.83. The quantitative estimate of drug-likeness (QED) is 0.442. The summed E-state index contributed by atoms with van der Waals surface area (Å²) < 4.78 is 5.60. The molecular formula is C31H39N5O2. The lowest BCUT2D eigenvalue weighted by Gasteiger charge is -2.28. The Morgan fingerprint density at radius 2 is 1.87 bits per heavy atom. The molecule has 6 rings (SSSR count). The van der Waals surface area contributed by atoms with E-state index in [0.29, 0.717) is 11.9 Å². The van der Waals surface area contributed by atoms with Crippen molar-refractivity contribution in [2.75, 3.05) is 32.6 Å². The van der Waals surface area contributed by atoms with Crippen LogP contribution in [0, 0.1) is 11.8 Å². The van der Waals surface area contributed by atoms with Crippen molar-refractivity contribution in [3.63, 3.8) is 0 Å². The van der Waals surface area contributed by atoms with Crippen LogP contribution in [0.4, 0.5) is 11.6 Å². The lowest BCUT2D eigenvalue weighted by Crippen LogP contribution is -2.35. The van der Waals surface area contributed by atoms with Crippen molar-refractivity contribution in [3.05, 3.63) is 65.9 Å². The minimum Gasteiger partial charge on any atom is -0.497 e.